The summed E-state index contributed by atoms with van der Waals surface area (Å²) in [6.07, 6.45) is 3.75. The molecule has 2 heterocycles. The summed E-state index contributed by atoms with van der Waals surface area (Å²) in [5, 5.41) is 4.79. The van der Waals surface area contributed by atoms with Crippen molar-refractivity contribution in [1.29, 1.82) is 0 Å². The van der Waals surface area contributed by atoms with Crippen LogP contribution in [0.25, 0.3) is 6.08 Å². The van der Waals surface area contributed by atoms with Gasteiger partial charge in [0.1, 0.15) is 4.88 Å². The molecule has 1 aliphatic heterocycles. The van der Waals surface area contributed by atoms with Crippen LogP contribution in [0.5, 0.6) is 11.5 Å². The third kappa shape index (κ3) is 4.17. The Balaban J connectivity index is 1.73. The van der Waals surface area contributed by atoms with Gasteiger partial charge in [-0.3, -0.25) is 4.79 Å². The SMILES string of the molecule is COC(=O)c1sccc1NC(=O)C=Cc1cc(Cl)c2c(c1)OCCCO2. The Morgan fingerprint density at radius 1 is 1.31 bits per heavy atom. The first-order chi connectivity index (χ1) is 12.6. The van der Waals surface area contributed by atoms with Crippen LogP contribution in [-0.4, -0.2) is 32.2 Å². The number of rotatable bonds is 4. The Labute approximate surface area is 159 Å². The normalized spacial score (nSPS) is 13.3. The highest BCUT2D eigenvalue weighted by Gasteiger charge is 2.16. The summed E-state index contributed by atoms with van der Waals surface area (Å²) in [5.41, 5.74) is 1.11. The van der Waals surface area contributed by atoms with Gasteiger partial charge >= 0.3 is 5.97 Å². The van der Waals surface area contributed by atoms with Crippen LogP contribution >= 0.6 is 22.9 Å². The van der Waals surface area contributed by atoms with Crippen LogP contribution in [0.3, 0.4) is 0 Å². The molecule has 0 saturated heterocycles. The van der Waals surface area contributed by atoms with Crippen molar-refractivity contribution >= 4 is 46.6 Å². The number of hydrogen-bond donors (Lipinski definition) is 1. The molecule has 0 bridgehead atoms. The molecule has 8 heteroatoms. The van der Waals surface area contributed by atoms with Crippen LogP contribution in [-0.2, 0) is 9.53 Å². The van der Waals surface area contributed by atoms with Crippen LogP contribution in [0, 0.1) is 0 Å². The van der Waals surface area contributed by atoms with Gasteiger partial charge in [-0.2, -0.15) is 0 Å². The first kappa shape index (κ1) is 18.3. The minimum absolute atomic E-state index is 0.341. The smallest absolute Gasteiger partial charge is 0.350 e. The number of ether oxygens (including phenoxy) is 3. The molecule has 1 aromatic heterocycles. The van der Waals surface area contributed by atoms with Crippen LogP contribution in [0.1, 0.15) is 21.7 Å². The molecule has 0 unspecified atom stereocenters. The van der Waals surface area contributed by atoms with Crippen molar-refractivity contribution < 1.29 is 23.8 Å². The maximum absolute atomic E-state index is 12.1. The molecule has 1 amide bonds. The average Bonchev–Trinajstić information content (AvgIpc) is 2.94. The predicted molar refractivity (Wildman–Crippen MR) is 100 cm³/mol. The quantitative estimate of drug-likeness (QED) is 0.627. The van der Waals surface area contributed by atoms with Crippen LogP contribution in [0.2, 0.25) is 5.02 Å². The van der Waals surface area contributed by atoms with E-state index in [9.17, 15) is 9.59 Å². The van der Waals surface area contributed by atoms with Gasteiger partial charge in [0.2, 0.25) is 5.91 Å². The summed E-state index contributed by atoms with van der Waals surface area (Å²) in [6.45, 7) is 1.10. The number of carbonyl (C=O) groups is 2. The summed E-state index contributed by atoms with van der Waals surface area (Å²) in [7, 11) is 1.29. The maximum Gasteiger partial charge on any atom is 0.350 e. The molecule has 0 fully saturated rings. The second-order valence-corrected chi connectivity index (χ2v) is 6.68. The van der Waals surface area contributed by atoms with E-state index < -0.39 is 5.97 Å². The van der Waals surface area contributed by atoms with Gasteiger partial charge in [0.25, 0.3) is 0 Å². The number of methoxy groups -OCH3 is 1. The summed E-state index contributed by atoms with van der Waals surface area (Å²) in [4.78, 5) is 24.1. The number of esters is 1. The monoisotopic (exact) mass is 393 g/mol. The number of hydrogen-bond acceptors (Lipinski definition) is 6. The van der Waals surface area contributed by atoms with E-state index in [1.165, 1.54) is 24.5 Å². The van der Waals surface area contributed by atoms with E-state index >= 15 is 0 Å². The number of anilines is 1. The zero-order valence-corrected chi connectivity index (χ0v) is 15.5. The second-order valence-electron chi connectivity index (χ2n) is 5.36. The predicted octanol–water partition coefficient (Wildman–Crippen LogP) is 4.00. The van der Waals surface area contributed by atoms with Crippen LogP contribution < -0.4 is 14.8 Å². The zero-order chi connectivity index (χ0) is 18.5. The Hall–Kier alpha value is -2.51. The molecule has 1 N–H and O–H groups in total. The molecule has 0 spiro atoms. The lowest BCUT2D eigenvalue weighted by Gasteiger charge is -2.10. The van der Waals surface area contributed by atoms with Crippen LogP contribution in [0.4, 0.5) is 5.69 Å². The summed E-state index contributed by atoms with van der Waals surface area (Å²) < 4.78 is 15.9. The van der Waals surface area contributed by atoms with Gasteiger partial charge < -0.3 is 19.5 Å². The van der Waals surface area contributed by atoms with Gasteiger partial charge in [-0.1, -0.05) is 11.6 Å². The molecule has 3 rings (SSSR count). The van der Waals surface area contributed by atoms with E-state index in [1.54, 1.807) is 29.7 Å². The third-order valence-electron chi connectivity index (χ3n) is 3.55. The fraction of sp³-hybridized carbons (Fsp3) is 0.222. The topological polar surface area (TPSA) is 73.9 Å². The van der Waals surface area contributed by atoms with Crippen molar-refractivity contribution in [3.8, 4) is 11.5 Å². The van der Waals surface area contributed by atoms with Crippen molar-refractivity contribution in [2.24, 2.45) is 0 Å². The molecule has 26 heavy (non-hydrogen) atoms. The van der Waals surface area contributed by atoms with Gasteiger partial charge in [-0.05, 0) is 35.2 Å². The lowest BCUT2D eigenvalue weighted by molar-refractivity contribution is -0.111. The Bertz CT molecular complexity index is 861. The Morgan fingerprint density at radius 2 is 2.12 bits per heavy atom. The molecule has 0 aliphatic carbocycles. The third-order valence-corrected chi connectivity index (χ3v) is 4.72. The number of amides is 1. The van der Waals surface area contributed by atoms with Crippen molar-refractivity contribution in [1.82, 2.24) is 0 Å². The van der Waals surface area contributed by atoms with Gasteiger partial charge in [0.05, 0.1) is 31.0 Å². The minimum Gasteiger partial charge on any atom is -0.489 e. The molecule has 1 aliphatic rings. The van der Waals surface area contributed by atoms with Gasteiger partial charge in [-0.25, -0.2) is 4.79 Å². The number of thiophene rings is 1. The lowest BCUT2D eigenvalue weighted by Crippen LogP contribution is -2.10. The molecular formula is C18H16ClNO5S. The van der Waals surface area contributed by atoms with E-state index in [1.807, 2.05) is 0 Å². The van der Waals surface area contributed by atoms with Crippen LogP contribution in [0.15, 0.2) is 29.7 Å². The molecule has 0 saturated carbocycles. The van der Waals surface area contributed by atoms with E-state index in [0.717, 1.165) is 6.42 Å². The highest BCUT2D eigenvalue weighted by atomic mass is 35.5. The standard InChI is InChI=1S/C18H16ClNO5S/c1-23-18(22)17-13(5-8-26-17)20-15(21)4-3-11-9-12(19)16-14(10-11)24-6-2-7-25-16/h3-5,8-10H,2,6-7H2,1H3,(H,20,21). The van der Waals surface area contributed by atoms with Crippen molar-refractivity contribution in [3.05, 3.63) is 45.1 Å². The lowest BCUT2D eigenvalue weighted by atomic mass is 10.2. The minimum atomic E-state index is -0.492. The Kier molecular flexibility index (Phi) is 5.80. The maximum atomic E-state index is 12.1. The highest BCUT2D eigenvalue weighted by molar-refractivity contribution is 7.12. The molecule has 0 radical (unpaired) electrons. The van der Waals surface area contributed by atoms with Crippen molar-refractivity contribution in [3.63, 3.8) is 0 Å². The molecule has 0 atom stereocenters. The summed E-state index contributed by atoms with van der Waals surface area (Å²) in [5.74, 6) is 0.207. The fourth-order valence-corrected chi connectivity index (χ4v) is 3.39. The van der Waals surface area contributed by atoms with E-state index in [4.69, 9.17) is 21.1 Å². The highest BCUT2D eigenvalue weighted by Crippen LogP contribution is 2.38. The number of carbonyl (C=O) groups excluding carboxylic acids is 2. The fourth-order valence-electron chi connectivity index (χ4n) is 2.35. The number of nitrogens with one attached hydrogen (secondary N) is 1. The molecule has 6 nitrogen and oxygen atoms in total. The summed E-state index contributed by atoms with van der Waals surface area (Å²) >= 11 is 7.43. The number of benzene rings is 1. The first-order valence-electron chi connectivity index (χ1n) is 7.82. The van der Waals surface area contributed by atoms with Crippen molar-refractivity contribution in [2.75, 3.05) is 25.6 Å². The largest absolute Gasteiger partial charge is 0.489 e. The van der Waals surface area contributed by atoms with E-state index in [-0.39, 0.29) is 5.91 Å². The molecule has 1 aromatic carbocycles. The van der Waals surface area contributed by atoms with Crippen molar-refractivity contribution in [2.45, 2.75) is 6.42 Å². The molecular weight excluding hydrogens is 378 g/mol. The van der Waals surface area contributed by atoms with E-state index in [2.05, 4.69) is 10.1 Å². The van der Waals surface area contributed by atoms with E-state index in [0.29, 0.717) is 45.9 Å². The summed E-state index contributed by atoms with van der Waals surface area (Å²) in [6, 6.07) is 5.11. The Morgan fingerprint density at radius 3 is 2.92 bits per heavy atom. The van der Waals surface area contributed by atoms with Gasteiger partial charge in [0, 0.05) is 12.5 Å². The number of halogens is 1. The van der Waals surface area contributed by atoms with Gasteiger partial charge in [-0.15, -0.1) is 11.3 Å². The molecule has 136 valence electrons. The van der Waals surface area contributed by atoms with Gasteiger partial charge in [0.15, 0.2) is 11.5 Å². The zero-order valence-electron chi connectivity index (χ0n) is 13.9. The molecule has 2 aromatic rings. The second kappa shape index (κ2) is 8.25. The average molecular weight is 394 g/mol. The first-order valence-corrected chi connectivity index (χ1v) is 9.08. The number of fused-ring (bicyclic) bond motifs is 1.